The van der Waals surface area contributed by atoms with Crippen molar-refractivity contribution in [3.05, 3.63) is 0 Å². The molecule has 1 unspecified atom stereocenters. The van der Waals surface area contributed by atoms with Gasteiger partial charge in [-0.05, 0) is 38.8 Å². The lowest BCUT2D eigenvalue weighted by atomic mass is 9.65. The molecular formula is C12H23N3O. The Morgan fingerprint density at radius 2 is 2.06 bits per heavy atom. The summed E-state index contributed by atoms with van der Waals surface area (Å²) in [6.45, 7) is 2.16. The van der Waals surface area contributed by atoms with Crippen molar-refractivity contribution in [1.82, 2.24) is 10.3 Å². The summed E-state index contributed by atoms with van der Waals surface area (Å²) in [5, 5.41) is 0. The first-order valence-electron chi connectivity index (χ1n) is 6.38. The number of hydrogen-bond donors (Lipinski definition) is 2. The number of amides is 1. The predicted octanol–water partition coefficient (Wildman–Crippen LogP) is 0.878. The lowest BCUT2D eigenvalue weighted by Gasteiger charge is -2.40. The van der Waals surface area contributed by atoms with Gasteiger partial charge in [0.2, 0.25) is 5.91 Å². The monoisotopic (exact) mass is 225 g/mol. The molecule has 92 valence electrons. The molecule has 2 rings (SSSR count). The number of likely N-dealkylation sites (tertiary alicyclic amines) is 1. The van der Waals surface area contributed by atoms with Crippen LogP contribution < -0.4 is 11.3 Å². The number of nitrogens with one attached hydrogen (secondary N) is 1. The average Bonchev–Trinajstić information content (AvgIpc) is 2.76. The number of rotatable bonds is 2. The van der Waals surface area contributed by atoms with Crippen LogP contribution in [0.25, 0.3) is 0 Å². The summed E-state index contributed by atoms with van der Waals surface area (Å²) in [4.78, 5) is 14.5. The molecule has 0 radical (unpaired) electrons. The summed E-state index contributed by atoms with van der Waals surface area (Å²) in [6.07, 6.45) is 6.80. The Morgan fingerprint density at radius 1 is 1.38 bits per heavy atom. The van der Waals surface area contributed by atoms with E-state index in [0.29, 0.717) is 5.92 Å². The van der Waals surface area contributed by atoms with Crippen molar-refractivity contribution in [3.63, 3.8) is 0 Å². The third-order valence-electron chi connectivity index (χ3n) is 4.50. The fraction of sp³-hybridized carbons (Fsp3) is 0.917. The van der Waals surface area contributed by atoms with E-state index < -0.39 is 0 Å². The maximum absolute atomic E-state index is 12.1. The van der Waals surface area contributed by atoms with Crippen LogP contribution in [0, 0.1) is 11.3 Å². The van der Waals surface area contributed by atoms with Crippen molar-refractivity contribution >= 4 is 5.91 Å². The molecule has 1 saturated carbocycles. The molecule has 1 saturated heterocycles. The second-order valence-electron chi connectivity index (χ2n) is 5.44. The first kappa shape index (κ1) is 11.9. The topological polar surface area (TPSA) is 58.4 Å². The van der Waals surface area contributed by atoms with Crippen LogP contribution in [-0.4, -0.2) is 30.9 Å². The van der Waals surface area contributed by atoms with E-state index in [4.69, 9.17) is 5.84 Å². The van der Waals surface area contributed by atoms with Gasteiger partial charge in [0.1, 0.15) is 0 Å². The van der Waals surface area contributed by atoms with Gasteiger partial charge in [0.15, 0.2) is 0 Å². The standard InChI is InChI=1S/C12H23N3O/c1-15-8-5-10(9-15)12(11(16)14-13)6-3-2-4-7-12/h10H,2-9,13H2,1H3,(H,14,16). The predicted molar refractivity (Wildman–Crippen MR) is 63.5 cm³/mol. The van der Waals surface area contributed by atoms with Crippen molar-refractivity contribution in [3.8, 4) is 0 Å². The molecule has 16 heavy (non-hydrogen) atoms. The fourth-order valence-electron chi connectivity index (χ4n) is 3.53. The number of hydrazine groups is 1. The van der Waals surface area contributed by atoms with Gasteiger partial charge in [0.25, 0.3) is 0 Å². The van der Waals surface area contributed by atoms with E-state index in [9.17, 15) is 4.79 Å². The average molecular weight is 225 g/mol. The zero-order chi connectivity index (χ0) is 11.6. The summed E-state index contributed by atoms with van der Waals surface area (Å²) in [5.74, 6) is 5.95. The van der Waals surface area contributed by atoms with Gasteiger partial charge in [0, 0.05) is 6.54 Å². The summed E-state index contributed by atoms with van der Waals surface area (Å²) in [6, 6.07) is 0. The van der Waals surface area contributed by atoms with Crippen LogP contribution in [0.3, 0.4) is 0 Å². The normalized spacial score (nSPS) is 30.2. The van der Waals surface area contributed by atoms with Gasteiger partial charge >= 0.3 is 0 Å². The Kier molecular flexibility index (Phi) is 3.50. The van der Waals surface area contributed by atoms with Gasteiger partial charge in [-0.25, -0.2) is 5.84 Å². The smallest absolute Gasteiger partial charge is 0.240 e. The molecule has 0 aromatic heterocycles. The molecule has 0 bridgehead atoms. The van der Waals surface area contributed by atoms with Gasteiger partial charge in [0.05, 0.1) is 5.41 Å². The maximum Gasteiger partial charge on any atom is 0.240 e. The van der Waals surface area contributed by atoms with Gasteiger partial charge in [-0.1, -0.05) is 19.3 Å². The van der Waals surface area contributed by atoms with Crippen LogP contribution in [-0.2, 0) is 4.79 Å². The van der Waals surface area contributed by atoms with Gasteiger partial charge in [-0.2, -0.15) is 0 Å². The summed E-state index contributed by atoms with van der Waals surface area (Å²) < 4.78 is 0. The Labute approximate surface area is 97.5 Å². The molecule has 0 aromatic rings. The number of nitrogens with two attached hydrogens (primary N) is 1. The van der Waals surface area contributed by atoms with Gasteiger partial charge in [-0.15, -0.1) is 0 Å². The molecule has 1 atom stereocenters. The molecule has 0 aromatic carbocycles. The molecule has 3 N–H and O–H groups in total. The van der Waals surface area contributed by atoms with Gasteiger partial charge < -0.3 is 4.90 Å². The van der Waals surface area contributed by atoms with Crippen molar-refractivity contribution in [1.29, 1.82) is 0 Å². The van der Waals surface area contributed by atoms with Crippen molar-refractivity contribution < 1.29 is 4.79 Å². The Bertz CT molecular complexity index is 261. The minimum atomic E-state index is -0.169. The van der Waals surface area contributed by atoms with E-state index in [2.05, 4.69) is 17.4 Å². The minimum absolute atomic E-state index is 0.0764. The second kappa shape index (κ2) is 4.72. The number of carbonyl (C=O) groups excluding carboxylic acids is 1. The summed E-state index contributed by atoms with van der Waals surface area (Å²) in [7, 11) is 2.14. The van der Waals surface area contributed by atoms with Crippen LogP contribution in [0.5, 0.6) is 0 Å². The molecule has 2 aliphatic rings. The second-order valence-corrected chi connectivity index (χ2v) is 5.44. The van der Waals surface area contributed by atoms with E-state index >= 15 is 0 Å². The van der Waals surface area contributed by atoms with Crippen LogP contribution in [0.4, 0.5) is 0 Å². The van der Waals surface area contributed by atoms with Crippen LogP contribution >= 0.6 is 0 Å². The van der Waals surface area contributed by atoms with Crippen molar-refractivity contribution in [2.45, 2.75) is 38.5 Å². The lowest BCUT2D eigenvalue weighted by Crippen LogP contribution is -2.50. The zero-order valence-corrected chi connectivity index (χ0v) is 10.2. The molecule has 1 heterocycles. The lowest BCUT2D eigenvalue weighted by molar-refractivity contribution is -0.136. The highest BCUT2D eigenvalue weighted by Crippen LogP contribution is 2.46. The highest BCUT2D eigenvalue weighted by Gasteiger charge is 2.47. The first-order valence-corrected chi connectivity index (χ1v) is 6.38. The van der Waals surface area contributed by atoms with E-state index in [-0.39, 0.29) is 11.3 Å². The number of carbonyl (C=O) groups is 1. The molecule has 1 amide bonds. The highest BCUT2D eigenvalue weighted by molar-refractivity contribution is 5.82. The van der Waals surface area contributed by atoms with E-state index in [1.54, 1.807) is 0 Å². The Hall–Kier alpha value is -0.610. The van der Waals surface area contributed by atoms with E-state index in [1.807, 2.05) is 0 Å². The van der Waals surface area contributed by atoms with Crippen molar-refractivity contribution in [2.24, 2.45) is 17.2 Å². The maximum atomic E-state index is 12.1. The third-order valence-corrected chi connectivity index (χ3v) is 4.50. The Morgan fingerprint density at radius 3 is 2.56 bits per heavy atom. The van der Waals surface area contributed by atoms with Crippen LogP contribution in [0.15, 0.2) is 0 Å². The molecule has 4 nitrogen and oxygen atoms in total. The zero-order valence-electron chi connectivity index (χ0n) is 10.2. The van der Waals surface area contributed by atoms with E-state index in [1.165, 1.54) is 19.3 Å². The Balaban J connectivity index is 2.16. The minimum Gasteiger partial charge on any atom is -0.306 e. The molecular weight excluding hydrogens is 202 g/mol. The highest BCUT2D eigenvalue weighted by atomic mass is 16.2. The molecule has 1 aliphatic heterocycles. The molecule has 1 aliphatic carbocycles. The summed E-state index contributed by atoms with van der Waals surface area (Å²) >= 11 is 0. The molecule has 2 fully saturated rings. The van der Waals surface area contributed by atoms with E-state index in [0.717, 1.165) is 32.4 Å². The van der Waals surface area contributed by atoms with Gasteiger partial charge in [-0.3, -0.25) is 10.2 Å². The third kappa shape index (κ3) is 1.96. The quantitative estimate of drug-likeness (QED) is 0.417. The molecule has 0 spiro atoms. The SMILES string of the molecule is CN1CCC(C2(C(=O)NN)CCCCC2)C1. The number of nitrogens with zero attached hydrogens (tertiary/aromatic N) is 1. The van der Waals surface area contributed by atoms with Crippen molar-refractivity contribution in [2.75, 3.05) is 20.1 Å². The van der Waals surface area contributed by atoms with Crippen LogP contribution in [0.2, 0.25) is 0 Å². The first-order chi connectivity index (χ1) is 7.69. The largest absolute Gasteiger partial charge is 0.306 e. The van der Waals surface area contributed by atoms with Crippen LogP contribution in [0.1, 0.15) is 38.5 Å². The summed E-state index contributed by atoms with van der Waals surface area (Å²) in [5.41, 5.74) is 2.24. The fourth-order valence-corrected chi connectivity index (χ4v) is 3.53. The molecule has 4 heteroatoms. The number of hydrogen-bond acceptors (Lipinski definition) is 3.